The fourth-order valence-corrected chi connectivity index (χ4v) is 10.1. The molecule has 1 aromatic heterocycles. The van der Waals surface area contributed by atoms with Gasteiger partial charge in [0.2, 0.25) is 0 Å². The summed E-state index contributed by atoms with van der Waals surface area (Å²) < 4.78 is 97.2. The van der Waals surface area contributed by atoms with Crippen molar-refractivity contribution in [2.45, 2.75) is 25.9 Å². The minimum absolute atomic E-state index is 0.133. The Labute approximate surface area is 407 Å². The summed E-state index contributed by atoms with van der Waals surface area (Å²) in [4.78, 5) is 0. The minimum Gasteiger partial charge on any atom is -0.309 e. The summed E-state index contributed by atoms with van der Waals surface area (Å²) in [6.45, 7) is 2.02. The van der Waals surface area contributed by atoms with Gasteiger partial charge in [0.1, 0.15) is 17.5 Å². The molecule has 10 aromatic carbocycles. The van der Waals surface area contributed by atoms with Crippen LogP contribution in [-0.4, -0.2) is 4.57 Å². The van der Waals surface area contributed by atoms with Crippen molar-refractivity contribution >= 4 is 21.8 Å². The number of fused-ring (bicyclic) bond motifs is 3. The van der Waals surface area contributed by atoms with Crippen LogP contribution < -0.4 is 0 Å². The van der Waals surface area contributed by atoms with Crippen LogP contribution in [0.3, 0.4) is 0 Å². The molecule has 0 radical (unpaired) electrons. The molecule has 1 heterocycles. The summed E-state index contributed by atoms with van der Waals surface area (Å²) in [6.07, 6.45) is -4.98. The Hall–Kier alpha value is -8.42. The maximum Gasteiger partial charge on any atom is 0.418 e. The minimum atomic E-state index is -4.94. The van der Waals surface area contributed by atoms with Gasteiger partial charge < -0.3 is 4.57 Å². The average Bonchev–Trinajstić information content (AvgIpc) is 3.71. The van der Waals surface area contributed by atoms with Gasteiger partial charge in [0.05, 0.1) is 27.8 Å². The molecule has 0 aliphatic rings. The molecule has 11 aromatic rings. The van der Waals surface area contributed by atoms with Crippen LogP contribution in [0.5, 0.6) is 0 Å². The number of aryl methyl sites for hydroxylation is 3. The van der Waals surface area contributed by atoms with Crippen molar-refractivity contribution in [2.24, 2.45) is 0 Å². The molecule has 1 nitrogen and oxygen atoms in total. The predicted octanol–water partition coefficient (Wildman–Crippen LogP) is 18.3. The molecule has 0 bridgehead atoms. The first-order chi connectivity index (χ1) is 34.5. The van der Waals surface area contributed by atoms with Gasteiger partial charge in [-0.1, -0.05) is 164 Å². The topological polar surface area (TPSA) is 4.93 Å². The van der Waals surface area contributed by atoms with Crippen molar-refractivity contribution in [1.29, 1.82) is 0 Å². The Balaban J connectivity index is 1.14. The lowest BCUT2D eigenvalue weighted by Crippen LogP contribution is -2.16. The summed E-state index contributed by atoms with van der Waals surface area (Å²) in [5.41, 5.74) is 9.80. The molecule has 0 atom stereocenters. The van der Waals surface area contributed by atoms with Crippen molar-refractivity contribution in [1.82, 2.24) is 4.57 Å². The van der Waals surface area contributed by atoms with Gasteiger partial charge in [-0.3, -0.25) is 0 Å². The van der Waals surface area contributed by atoms with E-state index in [1.807, 2.05) is 165 Å². The fraction of sp³-hybridized carbons (Fsp3) is 0.0625. The highest BCUT2D eigenvalue weighted by atomic mass is 19.4. The number of benzene rings is 10. The van der Waals surface area contributed by atoms with Crippen LogP contribution in [0.2, 0.25) is 0 Å². The normalized spacial score (nSPS) is 11.7. The molecular formula is C64H43F6N. The zero-order valence-corrected chi connectivity index (χ0v) is 38.4. The highest BCUT2D eigenvalue weighted by molar-refractivity contribution is 6.12. The summed E-state index contributed by atoms with van der Waals surface area (Å²) in [6, 6.07) is 66.4. The van der Waals surface area contributed by atoms with Crippen LogP contribution in [0.25, 0.3) is 94.3 Å². The number of alkyl halides is 3. The van der Waals surface area contributed by atoms with Gasteiger partial charge in [0, 0.05) is 22.9 Å². The van der Waals surface area contributed by atoms with Gasteiger partial charge in [0.25, 0.3) is 0 Å². The summed E-state index contributed by atoms with van der Waals surface area (Å²) in [5.74, 6) is -3.59. The van der Waals surface area contributed by atoms with Crippen LogP contribution in [0.1, 0.15) is 22.3 Å². The van der Waals surface area contributed by atoms with Gasteiger partial charge in [-0.05, 0) is 140 Å². The number of rotatable bonds is 10. The van der Waals surface area contributed by atoms with Crippen molar-refractivity contribution < 1.29 is 26.3 Å². The molecule has 0 spiro atoms. The van der Waals surface area contributed by atoms with E-state index in [4.69, 9.17) is 0 Å². The van der Waals surface area contributed by atoms with Crippen molar-refractivity contribution in [2.75, 3.05) is 0 Å². The first-order valence-corrected chi connectivity index (χ1v) is 23.4. The van der Waals surface area contributed by atoms with E-state index in [1.165, 1.54) is 12.1 Å². The molecule has 0 saturated carbocycles. The molecule has 71 heavy (non-hydrogen) atoms. The molecule has 0 aliphatic carbocycles. The zero-order chi connectivity index (χ0) is 48.8. The lowest BCUT2D eigenvalue weighted by atomic mass is 9.87. The molecule has 7 heteroatoms. The largest absolute Gasteiger partial charge is 0.418 e. The van der Waals surface area contributed by atoms with Gasteiger partial charge in [0.15, 0.2) is 0 Å². The van der Waals surface area contributed by atoms with Gasteiger partial charge >= 0.3 is 6.18 Å². The van der Waals surface area contributed by atoms with E-state index in [2.05, 4.69) is 24.3 Å². The van der Waals surface area contributed by atoms with Crippen LogP contribution in [0.15, 0.2) is 218 Å². The molecule has 346 valence electrons. The Morgan fingerprint density at radius 3 is 1.28 bits per heavy atom. The van der Waals surface area contributed by atoms with Crippen LogP contribution in [0.4, 0.5) is 26.3 Å². The molecule has 0 aliphatic heterocycles. The zero-order valence-electron chi connectivity index (χ0n) is 38.4. The van der Waals surface area contributed by atoms with Crippen LogP contribution in [-0.2, 0) is 19.0 Å². The lowest BCUT2D eigenvalue weighted by Gasteiger charge is -2.23. The molecule has 11 rings (SSSR count). The van der Waals surface area contributed by atoms with E-state index in [1.54, 1.807) is 16.7 Å². The number of hydrogen-bond acceptors (Lipinski definition) is 0. The molecule has 0 N–H and O–H groups in total. The smallest absolute Gasteiger partial charge is 0.309 e. The third kappa shape index (κ3) is 8.69. The highest BCUT2D eigenvalue weighted by Gasteiger charge is 2.38. The first-order valence-electron chi connectivity index (χ1n) is 23.4. The van der Waals surface area contributed by atoms with E-state index in [0.29, 0.717) is 33.9 Å². The van der Waals surface area contributed by atoms with Crippen molar-refractivity contribution in [3.63, 3.8) is 0 Å². The second-order valence-corrected chi connectivity index (χ2v) is 17.9. The average molecular weight is 940 g/mol. The van der Waals surface area contributed by atoms with Gasteiger partial charge in [-0.2, -0.15) is 13.2 Å². The Morgan fingerprint density at radius 1 is 0.380 bits per heavy atom. The lowest BCUT2D eigenvalue weighted by molar-refractivity contribution is -0.138. The third-order valence-electron chi connectivity index (χ3n) is 13.5. The summed E-state index contributed by atoms with van der Waals surface area (Å²) in [5, 5.41) is 1.38. The van der Waals surface area contributed by atoms with Gasteiger partial charge in [-0.15, -0.1) is 0 Å². The Morgan fingerprint density at radius 2 is 0.803 bits per heavy atom. The Bertz CT molecular complexity index is 3650. The maximum atomic E-state index is 16.4. The number of nitrogens with zero attached hydrogens (tertiary/aromatic N) is 1. The highest BCUT2D eigenvalue weighted by Crippen LogP contribution is 2.46. The van der Waals surface area contributed by atoms with E-state index >= 15 is 22.0 Å². The fourth-order valence-electron chi connectivity index (χ4n) is 10.1. The van der Waals surface area contributed by atoms with E-state index in [-0.39, 0.29) is 29.7 Å². The molecule has 0 saturated heterocycles. The quantitative estimate of drug-likeness (QED) is 0.120. The molecule has 0 amide bonds. The van der Waals surface area contributed by atoms with Crippen LogP contribution >= 0.6 is 0 Å². The predicted molar refractivity (Wildman–Crippen MR) is 277 cm³/mol. The number of hydrogen-bond donors (Lipinski definition) is 0. The van der Waals surface area contributed by atoms with Crippen molar-refractivity contribution in [3.8, 4) is 72.4 Å². The van der Waals surface area contributed by atoms with E-state index in [9.17, 15) is 4.39 Å². The molecule has 0 unspecified atom stereocenters. The summed E-state index contributed by atoms with van der Waals surface area (Å²) >= 11 is 0. The third-order valence-corrected chi connectivity index (χ3v) is 13.5. The molecular weight excluding hydrogens is 897 g/mol. The standard InChI is InChI=1S/C64H43F6N/c1-40-22-23-46(41-14-6-2-7-15-41)33-53(40)54-34-47(42-16-8-3-9-17-42)26-24-45(54)25-27-50-32-51(62-57(66)38-52(65)39-58(62)67)37-61(63(50)64(68,69)70)71-59-30-28-48(43-18-10-4-11-19-43)35-55(59)56-36-49(29-31-60(56)71)44-20-12-5-13-21-44/h2-24,26,28-39H,25,27H2,1H3. The van der Waals surface area contributed by atoms with Crippen LogP contribution in [0, 0.1) is 24.4 Å². The van der Waals surface area contributed by atoms with E-state index < -0.39 is 34.8 Å². The second kappa shape index (κ2) is 18.5. The first kappa shape index (κ1) is 45.0. The van der Waals surface area contributed by atoms with E-state index in [0.717, 1.165) is 66.8 Å². The second-order valence-electron chi connectivity index (χ2n) is 17.9. The molecule has 0 fully saturated rings. The van der Waals surface area contributed by atoms with Crippen molar-refractivity contribution in [3.05, 3.63) is 258 Å². The maximum absolute atomic E-state index is 16.4. The number of halogens is 6. The summed E-state index contributed by atoms with van der Waals surface area (Å²) in [7, 11) is 0. The van der Waals surface area contributed by atoms with Gasteiger partial charge in [-0.25, -0.2) is 13.2 Å². The Kier molecular flexibility index (Phi) is 11.7. The SMILES string of the molecule is Cc1ccc(-c2ccccc2)cc1-c1cc(-c2ccccc2)ccc1CCc1cc(-c2c(F)cc(F)cc2F)cc(-n2c3ccc(-c4ccccc4)cc3c3cc(-c4ccccc4)ccc32)c1C(F)(F)F. The number of aromatic nitrogens is 1. The monoisotopic (exact) mass is 939 g/mol.